The van der Waals surface area contributed by atoms with Gasteiger partial charge < -0.3 is 4.90 Å². The molecule has 0 aliphatic carbocycles. The maximum absolute atomic E-state index is 12.9. The van der Waals surface area contributed by atoms with Crippen molar-refractivity contribution in [2.75, 3.05) is 13.1 Å². The first-order valence-corrected chi connectivity index (χ1v) is 8.43. The Labute approximate surface area is 141 Å². The fourth-order valence-electron chi connectivity index (χ4n) is 2.45. The lowest BCUT2D eigenvalue weighted by Crippen LogP contribution is -2.15. The van der Waals surface area contributed by atoms with Gasteiger partial charge in [0.1, 0.15) is 0 Å². The van der Waals surface area contributed by atoms with E-state index in [9.17, 15) is 13.2 Å². The fourth-order valence-corrected chi connectivity index (χ4v) is 3.50. The predicted molar refractivity (Wildman–Crippen MR) is 88.7 cm³/mol. The average Bonchev–Trinajstić information content (AvgIpc) is 3.16. The van der Waals surface area contributed by atoms with Gasteiger partial charge in [-0.05, 0) is 36.6 Å². The lowest BCUT2D eigenvalue weighted by Gasteiger charge is -2.10. The van der Waals surface area contributed by atoms with E-state index in [1.807, 2.05) is 11.7 Å². The minimum atomic E-state index is -4.46. The molecule has 1 aliphatic heterocycles. The molecule has 122 valence electrons. The Kier molecular flexibility index (Phi) is 4.64. The van der Waals surface area contributed by atoms with Crippen molar-refractivity contribution in [3.8, 4) is 10.4 Å². The molecule has 0 atom stereocenters. The molecular weight excluding hydrogens is 345 g/mol. The maximum Gasteiger partial charge on any atom is 0.417 e. The van der Waals surface area contributed by atoms with Gasteiger partial charge in [-0.15, -0.1) is 11.3 Å². The average molecular weight is 359 g/mol. The van der Waals surface area contributed by atoms with E-state index in [0.717, 1.165) is 29.7 Å². The molecule has 23 heavy (non-hydrogen) atoms. The second-order valence-corrected chi connectivity index (χ2v) is 6.67. The fraction of sp³-hybridized carbons (Fsp3) is 0.312. The van der Waals surface area contributed by atoms with Crippen LogP contribution in [0.1, 0.15) is 18.4 Å². The van der Waals surface area contributed by atoms with Gasteiger partial charge in [-0.3, -0.25) is 0 Å². The zero-order valence-corrected chi connectivity index (χ0v) is 13.7. The Morgan fingerprint density at radius 3 is 2.61 bits per heavy atom. The summed E-state index contributed by atoms with van der Waals surface area (Å²) >= 11 is 7.02. The smallest absolute Gasteiger partial charge is 0.363 e. The highest BCUT2D eigenvalue weighted by Gasteiger charge is 2.33. The first-order valence-electron chi connectivity index (χ1n) is 7.17. The Hall–Kier alpha value is -1.53. The zero-order valence-electron chi connectivity index (χ0n) is 12.1. The number of benzene rings is 1. The van der Waals surface area contributed by atoms with E-state index >= 15 is 0 Å². The van der Waals surface area contributed by atoms with E-state index in [-0.39, 0.29) is 5.02 Å². The first kappa shape index (κ1) is 16.3. The second kappa shape index (κ2) is 6.53. The molecule has 2 aromatic rings. The second-order valence-electron chi connectivity index (χ2n) is 5.35. The normalized spacial score (nSPS) is 15.7. The number of hydrogen-bond acceptors (Lipinski definition) is 2. The molecule has 3 rings (SSSR count). The van der Waals surface area contributed by atoms with Crippen LogP contribution in [-0.2, 0) is 6.18 Å². The van der Waals surface area contributed by atoms with E-state index in [4.69, 9.17) is 11.6 Å². The number of thiophene rings is 1. The van der Waals surface area contributed by atoms with Gasteiger partial charge in [0.25, 0.3) is 0 Å². The number of rotatable bonds is 3. The van der Waals surface area contributed by atoms with Gasteiger partial charge >= 0.3 is 6.18 Å². The van der Waals surface area contributed by atoms with Gasteiger partial charge in [0.15, 0.2) is 0 Å². The summed E-state index contributed by atoms with van der Waals surface area (Å²) in [6.07, 6.45) is -0.305. The van der Waals surface area contributed by atoms with Gasteiger partial charge in [0.05, 0.1) is 22.6 Å². The van der Waals surface area contributed by atoms with Gasteiger partial charge in [-0.2, -0.15) is 13.2 Å². The molecule has 0 bridgehead atoms. The van der Waals surface area contributed by atoms with Gasteiger partial charge in [-0.1, -0.05) is 17.7 Å². The van der Waals surface area contributed by atoms with Crippen molar-refractivity contribution in [3.63, 3.8) is 0 Å². The van der Waals surface area contributed by atoms with E-state index in [1.165, 1.54) is 30.2 Å². The van der Waals surface area contributed by atoms with Gasteiger partial charge in [0.2, 0.25) is 0 Å². The Balaban J connectivity index is 1.82. The Morgan fingerprint density at radius 2 is 1.91 bits per heavy atom. The van der Waals surface area contributed by atoms with E-state index in [2.05, 4.69) is 9.89 Å². The lowest BCUT2D eigenvalue weighted by molar-refractivity contribution is -0.137. The van der Waals surface area contributed by atoms with Crippen LogP contribution < -0.4 is 0 Å². The van der Waals surface area contributed by atoms with E-state index in [0.29, 0.717) is 5.56 Å². The molecule has 1 aromatic carbocycles. The quantitative estimate of drug-likeness (QED) is 0.497. The summed E-state index contributed by atoms with van der Waals surface area (Å²) in [5, 5.41) is 1.55. The Bertz CT molecular complexity index is 718. The predicted octanol–water partition coefficient (Wildman–Crippen LogP) is 5.84. The first-order chi connectivity index (χ1) is 10.9. The highest BCUT2D eigenvalue weighted by atomic mass is 35.5. The summed E-state index contributed by atoms with van der Waals surface area (Å²) in [5.41, 5.74) is 0.432. The molecule has 0 amide bonds. The number of aliphatic imine (C=N–C) groups is 1. The van der Waals surface area contributed by atoms with Gasteiger partial charge in [-0.25, -0.2) is 4.99 Å². The molecule has 0 spiro atoms. The van der Waals surface area contributed by atoms with Crippen LogP contribution in [0.3, 0.4) is 0 Å². The molecule has 1 fully saturated rings. The number of nitrogens with zero attached hydrogens (tertiary/aromatic N) is 2. The third-order valence-corrected chi connectivity index (χ3v) is 4.95. The van der Waals surface area contributed by atoms with Crippen molar-refractivity contribution in [1.82, 2.24) is 4.90 Å². The van der Waals surface area contributed by atoms with Crippen LogP contribution in [0.4, 0.5) is 18.9 Å². The number of hydrogen-bond donors (Lipinski definition) is 0. The highest BCUT2D eigenvalue weighted by molar-refractivity contribution is 7.14. The maximum atomic E-state index is 12.9. The molecular formula is C16H14ClF3N2S. The van der Waals surface area contributed by atoms with E-state index < -0.39 is 11.7 Å². The van der Waals surface area contributed by atoms with Crippen molar-refractivity contribution in [3.05, 3.63) is 40.2 Å². The largest absolute Gasteiger partial charge is 0.417 e. The molecule has 0 saturated carbocycles. The molecule has 1 saturated heterocycles. The lowest BCUT2D eigenvalue weighted by atomic mass is 10.1. The van der Waals surface area contributed by atoms with Crippen molar-refractivity contribution in [2.45, 2.75) is 19.0 Å². The van der Waals surface area contributed by atoms with Crippen LogP contribution in [0.25, 0.3) is 10.4 Å². The van der Waals surface area contributed by atoms with Crippen molar-refractivity contribution >= 4 is 35.0 Å². The molecule has 0 N–H and O–H groups in total. The number of alkyl halides is 3. The molecule has 7 heteroatoms. The van der Waals surface area contributed by atoms with Crippen LogP contribution >= 0.6 is 22.9 Å². The standard InChI is InChI=1S/C16H14ClF3N2S/c17-14-4-3-11(7-13(14)16(18,19)20)15-8-12(9-23-15)21-10-22-5-1-2-6-22/h3-4,7-10H,1-2,5-6H2. The summed E-state index contributed by atoms with van der Waals surface area (Å²) in [7, 11) is 0. The van der Waals surface area contributed by atoms with Crippen LogP contribution in [0.15, 0.2) is 34.6 Å². The van der Waals surface area contributed by atoms with Crippen LogP contribution in [0.2, 0.25) is 5.02 Å². The number of halogens is 4. The zero-order chi connectivity index (χ0) is 16.4. The summed E-state index contributed by atoms with van der Waals surface area (Å²) in [6, 6.07) is 5.76. The topological polar surface area (TPSA) is 15.6 Å². The molecule has 2 heterocycles. The Morgan fingerprint density at radius 1 is 1.17 bits per heavy atom. The summed E-state index contributed by atoms with van der Waals surface area (Å²) in [5.74, 6) is 0. The molecule has 1 aliphatic rings. The van der Waals surface area contributed by atoms with Gasteiger partial charge in [0, 0.05) is 23.3 Å². The third-order valence-electron chi connectivity index (χ3n) is 3.65. The molecule has 2 nitrogen and oxygen atoms in total. The highest BCUT2D eigenvalue weighted by Crippen LogP contribution is 2.39. The molecule has 1 aromatic heterocycles. The molecule has 0 radical (unpaired) electrons. The van der Waals surface area contributed by atoms with Crippen molar-refractivity contribution in [2.24, 2.45) is 4.99 Å². The van der Waals surface area contributed by atoms with E-state index in [1.54, 1.807) is 12.1 Å². The summed E-state index contributed by atoms with van der Waals surface area (Å²) in [4.78, 5) is 7.26. The van der Waals surface area contributed by atoms with Crippen LogP contribution in [0.5, 0.6) is 0 Å². The third kappa shape index (κ3) is 3.87. The van der Waals surface area contributed by atoms with Crippen molar-refractivity contribution in [1.29, 1.82) is 0 Å². The summed E-state index contributed by atoms with van der Waals surface area (Å²) < 4.78 is 38.8. The van der Waals surface area contributed by atoms with Crippen molar-refractivity contribution < 1.29 is 13.2 Å². The van der Waals surface area contributed by atoms with Crippen LogP contribution in [-0.4, -0.2) is 24.3 Å². The number of likely N-dealkylation sites (tertiary alicyclic amines) is 1. The minimum absolute atomic E-state index is 0.287. The monoisotopic (exact) mass is 358 g/mol. The molecule has 0 unspecified atom stereocenters. The van der Waals surface area contributed by atoms with Crippen LogP contribution in [0, 0.1) is 0 Å². The SMILES string of the molecule is FC(F)(F)c1cc(-c2cc(N=CN3CCCC3)cs2)ccc1Cl. The summed E-state index contributed by atoms with van der Waals surface area (Å²) in [6.45, 7) is 2.01. The minimum Gasteiger partial charge on any atom is -0.363 e.